The molecule has 0 radical (unpaired) electrons. The van der Waals surface area contributed by atoms with Crippen LogP contribution in [0.1, 0.15) is 27.0 Å². The van der Waals surface area contributed by atoms with E-state index in [0.29, 0.717) is 48.5 Å². The third kappa shape index (κ3) is 5.22. The molecule has 2 aliphatic rings. The van der Waals surface area contributed by atoms with Gasteiger partial charge in [0.2, 0.25) is 8.77 Å². The zero-order chi connectivity index (χ0) is 27.7. The summed E-state index contributed by atoms with van der Waals surface area (Å²) in [4.78, 5) is 14.2. The summed E-state index contributed by atoms with van der Waals surface area (Å²) in [5, 5.41) is 0. The van der Waals surface area contributed by atoms with Gasteiger partial charge in [-0.15, -0.1) is 0 Å². The molecule has 2 aliphatic heterocycles. The van der Waals surface area contributed by atoms with E-state index in [-0.39, 0.29) is 0 Å². The highest BCUT2D eigenvalue weighted by molar-refractivity contribution is 8.83. The predicted molar refractivity (Wildman–Crippen MR) is 172 cm³/mol. The first-order valence-electron chi connectivity index (χ1n) is 11.8. The van der Waals surface area contributed by atoms with Crippen LogP contribution in [0, 0.1) is 0 Å². The van der Waals surface area contributed by atoms with Gasteiger partial charge in [-0.05, 0) is 106 Å². The summed E-state index contributed by atoms with van der Waals surface area (Å²) in [7, 11) is 5.73. The van der Waals surface area contributed by atoms with Gasteiger partial charge in [-0.3, -0.25) is 0 Å². The Morgan fingerprint density at radius 3 is 2.00 bits per heavy atom. The number of thiocarbonyl (C=S) groups is 2. The van der Waals surface area contributed by atoms with Crippen LogP contribution in [-0.2, 0) is 10.3 Å². The summed E-state index contributed by atoms with van der Waals surface area (Å²) < 4.78 is 25.1. The third-order valence-electron chi connectivity index (χ3n) is 6.16. The van der Waals surface area contributed by atoms with Gasteiger partial charge in [0.15, 0.2) is 5.60 Å². The fourth-order valence-corrected chi connectivity index (χ4v) is 7.99. The van der Waals surface area contributed by atoms with Gasteiger partial charge in [-0.25, -0.2) is 4.79 Å². The Balaban J connectivity index is 1.36. The highest BCUT2D eigenvalue weighted by Crippen LogP contribution is 2.57. The summed E-state index contributed by atoms with van der Waals surface area (Å²) >= 11 is 10.8. The summed E-state index contributed by atoms with van der Waals surface area (Å²) in [5.41, 5.74) is 1.43. The minimum atomic E-state index is -1.19. The van der Waals surface area contributed by atoms with E-state index in [1.54, 1.807) is 30.3 Å². The maximum Gasteiger partial charge on any atom is 0.340 e. The maximum atomic E-state index is 13.1. The molecule has 0 saturated heterocycles. The number of hydrogen-bond donors (Lipinski definition) is 0. The molecule has 40 heavy (non-hydrogen) atoms. The molecule has 0 N–H and O–H groups in total. The lowest BCUT2D eigenvalue weighted by Gasteiger charge is -2.36. The summed E-state index contributed by atoms with van der Waals surface area (Å²) in [6.45, 7) is 0. The van der Waals surface area contributed by atoms with Crippen molar-refractivity contribution in [3.63, 3.8) is 0 Å². The summed E-state index contributed by atoms with van der Waals surface area (Å²) in [5.74, 6) is 1.59. The molecule has 0 aromatic heterocycles. The quantitative estimate of drug-likeness (QED) is 0.120. The van der Waals surface area contributed by atoms with Gasteiger partial charge in [0.05, 0.1) is 5.56 Å². The summed E-state index contributed by atoms with van der Waals surface area (Å²) in [6.07, 6.45) is 1.92. The average molecular weight is 639 g/mol. The van der Waals surface area contributed by atoms with E-state index < -0.39 is 11.6 Å². The van der Waals surface area contributed by atoms with Crippen molar-refractivity contribution < 1.29 is 23.7 Å². The van der Waals surface area contributed by atoms with Crippen LogP contribution in [0.2, 0.25) is 0 Å². The van der Waals surface area contributed by atoms with Gasteiger partial charge < -0.3 is 18.9 Å². The highest BCUT2D eigenvalue weighted by Gasteiger charge is 2.53. The molecule has 4 aromatic rings. The van der Waals surface area contributed by atoms with E-state index in [1.165, 1.54) is 43.2 Å². The number of ether oxygens (including phenoxy) is 4. The third-order valence-corrected chi connectivity index (χ3v) is 10.8. The van der Waals surface area contributed by atoms with Gasteiger partial charge in [0.25, 0.3) is 0 Å². The first kappa shape index (κ1) is 27.5. The van der Waals surface area contributed by atoms with E-state index >= 15 is 0 Å². The van der Waals surface area contributed by atoms with Crippen LogP contribution in [0.25, 0.3) is 0 Å². The lowest BCUT2D eigenvalue weighted by molar-refractivity contribution is 0.0224. The van der Waals surface area contributed by atoms with Crippen LogP contribution in [0.15, 0.2) is 95.9 Å². The molecule has 11 heteroatoms. The fourth-order valence-electron chi connectivity index (χ4n) is 4.62. The van der Waals surface area contributed by atoms with E-state index in [2.05, 4.69) is 0 Å². The second-order valence-electron chi connectivity index (χ2n) is 8.47. The normalized spacial score (nSPS) is 16.3. The van der Waals surface area contributed by atoms with Crippen molar-refractivity contribution in [1.29, 1.82) is 0 Å². The second kappa shape index (κ2) is 11.7. The van der Waals surface area contributed by atoms with Crippen LogP contribution in [-0.4, -0.2) is 21.0 Å². The van der Waals surface area contributed by atoms with Crippen LogP contribution in [0.4, 0.5) is 0 Å². The van der Waals surface area contributed by atoms with E-state index in [4.69, 9.17) is 43.4 Å². The van der Waals surface area contributed by atoms with Gasteiger partial charge in [0, 0.05) is 33.7 Å². The molecule has 200 valence electrons. The molecule has 1 atom stereocenters. The van der Waals surface area contributed by atoms with Crippen LogP contribution in [0.3, 0.4) is 0 Å². The molecule has 4 aromatic carbocycles. The number of carbonyl (C=O) groups is 1. The highest BCUT2D eigenvalue weighted by atomic mass is 33.1. The van der Waals surface area contributed by atoms with Gasteiger partial charge in [-0.2, -0.15) is 0 Å². The van der Waals surface area contributed by atoms with Crippen molar-refractivity contribution in [1.82, 2.24) is 0 Å². The van der Waals surface area contributed by atoms with Gasteiger partial charge in [0.1, 0.15) is 23.0 Å². The topological polar surface area (TPSA) is 54.0 Å². The molecule has 5 nitrogen and oxygen atoms in total. The second-order valence-corrected chi connectivity index (χ2v) is 14.3. The molecule has 0 bridgehead atoms. The van der Waals surface area contributed by atoms with Crippen molar-refractivity contribution in [2.24, 2.45) is 0 Å². The molecule has 6 rings (SSSR count). The minimum Gasteiger partial charge on any atom is -0.456 e. The zero-order valence-electron chi connectivity index (χ0n) is 20.7. The lowest BCUT2D eigenvalue weighted by Crippen LogP contribution is -2.33. The smallest absolute Gasteiger partial charge is 0.340 e. The van der Waals surface area contributed by atoms with Crippen molar-refractivity contribution >= 4 is 82.3 Å². The fraction of sp³-hybridized carbons (Fsp3) is 0.0690. The van der Waals surface area contributed by atoms with E-state index in [9.17, 15) is 4.79 Å². The number of hydrogen-bond acceptors (Lipinski definition) is 11. The Hall–Kier alpha value is -2.67. The Kier molecular flexibility index (Phi) is 8.02. The van der Waals surface area contributed by atoms with Gasteiger partial charge >= 0.3 is 5.97 Å². The molecule has 1 unspecified atom stereocenters. The van der Waals surface area contributed by atoms with Crippen molar-refractivity contribution in [2.75, 3.05) is 6.26 Å². The Labute approximate surface area is 257 Å². The first-order valence-corrected chi connectivity index (χ1v) is 17.3. The molecule has 1 spiro atoms. The molecular formula is C29H18O5S6. The monoisotopic (exact) mass is 638 g/mol. The number of carbonyl (C=O) groups excluding carboxylic acids is 1. The van der Waals surface area contributed by atoms with Crippen molar-refractivity contribution in [3.8, 4) is 23.0 Å². The number of benzene rings is 4. The number of fused-ring (bicyclic) bond motifs is 6. The number of esters is 1. The molecule has 0 aliphatic carbocycles. The van der Waals surface area contributed by atoms with Crippen LogP contribution in [0.5, 0.6) is 23.0 Å². The minimum absolute atomic E-state index is 0.354. The Morgan fingerprint density at radius 2 is 1.35 bits per heavy atom. The van der Waals surface area contributed by atoms with E-state index in [1.807, 2.05) is 66.9 Å². The van der Waals surface area contributed by atoms with Crippen LogP contribution < -0.4 is 14.2 Å². The molecule has 2 heterocycles. The lowest BCUT2D eigenvalue weighted by atomic mass is 9.77. The molecular weight excluding hydrogens is 621 g/mol. The average Bonchev–Trinajstić information content (AvgIpc) is 3.25. The largest absolute Gasteiger partial charge is 0.456 e. The standard InChI is InChI=1S/C29H18O5S6/c1-37-39-27(35)31-17-11-13-22-24(15-17)33-25-16-18(32-28(36)40-38-19-7-3-2-4-8-19)12-14-23(25)29(22)21-10-6-5-9-20(21)26(30)34-29/h2-16H,1H3. The molecule has 0 amide bonds. The van der Waals surface area contributed by atoms with E-state index in [0.717, 1.165) is 10.5 Å². The van der Waals surface area contributed by atoms with Crippen molar-refractivity contribution in [3.05, 3.63) is 113 Å². The Bertz CT molecular complexity index is 1640. The number of rotatable bonds is 5. The SMILES string of the molecule is CSSC(=S)Oc1ccc2c(c1)Oc1cc(OC(=S)SSc3ccccc3)ccc1C21OC(=O)c2ccccc21. The zero-order valence-corrected chi connectivity index (χ0v) is 25.5. The summed E-state index contributed by atoms with van der Waals surface area (Å²) in [6, 6.07) is 28.2. The first-order chi connectivity index (χ1) is 19.5. The van der Waals surface area contributed by atoms with Gasteiger partial charge in [-0.1, -0.05) is 47.2 Å². The molecule has 0 saturated carbocycles. The Morgan fingerprint density at radius 1 is 0.750 bits per heavy atom. The maximum absolute atomic E-state index is 13.1. The predicted octanol–water partition coefficient (Wildman–Crippen LogP) is 9.03. The van der Waals surface area contributed by atoms with Crippen molar-refractivity contribution in [2.45, 2.75) is 10.5 Å². The molecule has 0 fully saturated rings. The van der Waals surface area contributed by atoms with Crippen LogP contribution >= 0.6 is 67.6 Å².